The number of aromatic nitrogens is 1. The van der Waals surface area contributed by atoms with E-state index >= 15 is 4.39 Å². The minimum atomic E-state index is -1.57. The highest BCUT2D eigenvalue weighted by Crippen LogP contribution is 2.38. The van der Waals surface area contributed by atoms with Crippen molar-refractivity contribution in [1.82, 2.24) is 20.5 Å². The molecule has 2 heterocycles. The first kappa shape index (κ1) is 30.8. The van der Waals surface area contributed by atoms with E-state index in [9.17, 15) is 18.8 Å². The summed E-state index contributed by atoms with van der Waals surface area (Å²) in [5.41, 5.74) is 1.53. The highest BCUT2D eigenvalue weighted by Gasteiger charge is 2.32. The Kier molecular flexibility index (Phi) is 8.79. The number of aromatic amines is 1. The smallest absolute Gasteiger partial charge is 0.407 e. The van der Waals surface area contributed by atoms with Crippen molar-refractivity contribution in [2.45, 2.75) is 77.9 Å². The number of ether oxygens (including phenoxy) is 2. The van der Waals surface area contributed by atoms with E-state index in [1.165, 1.54) is 17.0 Å². The zero-order valence-electron chi connectivity index (χ0n) is 24.8. The molecule has 0 fully saturated rings. The molecule has 9 nitrogen and oxygen atoms in total. The molecule has 42 heavy (non-hydrogen) atoms. The van der Waals surface area contributed by atoms with Gasteiger partial charge in [-0.2, -0.15) is 0 Å². The van der Waals surface area contributed by atoms with Crippen LogP contribution in [0.1, 0.15) is 64.0 Å². The number of hydrogen-bond donors (Lipinski definition) is 3. The summed E-state index contributed by atoms with van der Waals surface area (Å²) in [5, 5.41) is 5.69. The highest BCUT2D eigenvalue weighted by molar-refractivity contribution is 6.11. The Balaban J connectivity index is 1.60. The van der Waals surface area contributed by atoms with Crippen molar-refractivity contribution >= 4 is 29.0 Å². The van der Waals surface area contributed by atoms with E-state index in [-0.39, 0.29) is 37.7 Å². The fraction of sp³-hybridized carbons (Fsp3) is 0.452. The predicted molar refractivity (Wildman–Crippen MR) is 155 cm³/mol. The quantitative estimate of drug-likeness (QED) is 0.312. The van der Waals surface area contributed by atoms with Crippen LogP contribution in [0.4, 0.5) is 18.4 Å². The molecule has 4 rings (SSSR count). The number of halogens is 2. The molecule has 0 saturated heterocycles. The number of carbonyl (C=O) groups is 3. The van der Waals surface area contributed by atoms with Gasteiger partial charge in [-0.25, -0.2) is 18.4 Å². The van der Waals surface area contributed by atoms with Crippen molar-refractivity contribution in [2.24, 2.45) is 0 Å². The number of carbonyl (C=O) groups excluding carboxylic acids is 3. The topological polar surface area (TPSA) is 113 Å². The molecule has 3 amide bonds. The van der Waals surface area contributed by atoms with E-state index < -0.39 is 41.4 Å². The largest absolute Gasteiger partial charge is 0.444 e. The molecular formula is C31H38F2N4O5. The number of amides is 3. The van der Waals surface area contributed by atoms with Gasteiger partial charge in [0.25, 0.3) is 5.91 Å². The van der Waals surface area contributed by atoms with Crippen molar-refractivity contribution < 1.29 is 32.6 Å². The minimum absolute atomic E-state index is 0.0531. The number of nitrogens with zero attached hydrogens (tertiary/aromatic N) is 1. The lowest BCUT2D eigenvalue weighted by molar-refractivity contribution is 0.0446. The molecule has 226 valence electrons. The summed E-state index contributed by atoms with van der Waals surface area (Å²) in [5.74, 6) is -0.804. The summed E-state index contributed by atoms with van der Waals surface area (Å²) in [4.78, 5) is 43.3. The van der Waals surface area contributed by atoms with Gasteiger partial charge in [0.15, 0.2) is 0 Å². The van der Waals surface area contributed by atoms with E-state index in [4.69, 9.17) is 9.47 Å². The van der Waals surface area contributed by atoms with Crippen LogP contribution >= 0.6 is 0 Å². The SMILES string of the molecule is CC(C)(C)OC(=O)NCC(F)C[C@H](CN1Cc2ccccc2-c2c([nH]c3ccc(F)cc23)C1=O)NC(=O)OC(C)(C)C. The summed E-state index contributed by atoms with van der Waals surface area (Å²) < 4.78 is 40.0. The van der Waals surface area contributed by atoms with Crippen LogP contribution in [0.25, 0.3) is 22.0 Å². The van der Waals surface area contributed by atoms with E-state index in [0.29, 0.717) is 16.5 Å². The van der Waals surface area contributed by atoms with Gasteiger partial charge in [0.05, 0.1) is 12.6 Å². The summed E-state index contributed by atoms with van der Waals surface area (Å²) in [6, 6.07) is 10.9. The Labute approximate surface area is 243 Å². The lowest BCUT2D eigenvalue weighted by Crippen LogP contribution is -2.48. The lowest BCUT2D eigenvalue weighted by Gasteiger charge is -2.29. The number of alkyl carbamates (subject to hydrolysis) is 2. The van der Waals surface area contributed by atoms with Gasteiger partial charge in [0.2, 0.25) is 0 Å². The lowest BCUT2D eigenvalue weighted by atomic mass is 9.98. The molecule has 0 saturated carbocycles. The molecule has 3 N–H and O–H groups in total. The predicted octanol–water partition coefficient (Wildman–Crippen LogP) is 6.08. The third-order valence-corrected chi connectivity index (χ3v) is 6.48. The standard InChI is InChI=1S/C31H38F2N4O5/c1-30(2,3)41-28(39)34-15-20(33)13-21(35-29(40)42-31(4,5)6)17-37-16-18-9-7-8-10-22(18)25-23-14-19(32)11-12-24(23)36-26(25)27(37)38/h7-12,14,20-21,36H,13,15-17H2,1-6H3,(H,34,39)(H,35,40)/t20?,21-/m1/s1. The third kappa shape index (κ3) is 7.77. The number of benzene rings is 2. The summed E-state index contributed by atoms with van der Waals surface area (Å²) in [6.45, 7) is 9.99. The summed E-state index contributed by atoms with van der Waals surface area (Å²) in [6.07, 6.45) is -3.31. The van der Waals surface area contributed by atoms with Crippen LogP contribution in [0, 0.1) is 5.82 Å². The van der Waals surface area contributed by atoms with Gasteiger partial charge >= 0.3 is 12.2 Å². The molecule has 0 aliphatic carbocycles. The molecule has 0 spiro atoms. The molecule has 3 aromatic rings. The molecule has 11 heteroatoms. The van der Waals surface area contributed by atoms with Gasteiger partial charge in [-0.1, -0.05) is 24.3 Å². The monoisotopic (exact) mass is 584 g/mol. The van der Waals surface area contributed by atoms with Crippen molar-refractivity contribution in [3.05, 3.63) is 59.5 Å². The Morgan fingerprint density at radius 1 is 1.02 bits per heavy atom. The first-order valence-electron chi connectivity index (χ1n) is 13.9. The number of rotatable bonds is 7. The van der Waals surface area contributed by atoms with E-state index in [2.05, 4.69) is 15.6 Å². The maximum atomic E-state index is 15.2. The summed E-state index contributed by atoms with van der Waals surface area (Å²) >= 11 is 0. The number of hydrogen-bond acceptors (Lipinski definition) is 5. The molecule has 2 aromatic carbocycles. The first-order valence-corrected chi connectivity index (χ1v) is 13.9. The van der Waals surface area contributed by atoms with E-state index in [1.807, 2.05) is 24.3 Å². The van der Waals surface area contributed by atoms with Crippen molar-refractivity contribution in [2.75, 3.05) is 13.1 Å². The number of alkyl halides is 1. The molecule has 1 unspecified atom stereocenters. The molecular weight excluding hydrogens is 546 g/mol. The second-order valence-electron chi connectivity index (χ2n) is 12.5. The number of H-pyrrole nitrogens is 1. The normalized spacial score (nSPS) is 14.9. The second-order valence-corrected chi connectivity index (χ2v) is 12.5. The van der Waals surface area contributed by atoms with Crippen LogP contribution in [-0.2, 0) is 16.0 Å². The van der Waals surface area contributed by atoms with Crippen LogP contribution in [0.3, 0.4) is 0 Å². The molecule has 1 aromatic heterocycles. The average molecular weight is 585 g/mol. The van der Waals surface area contributed by atoms with E-state index in [1.54, 1.807) is 47.6 Å². The van der Waals surface area contributed by atoms with Gasteiger partial charge in [0.1, 0.15) is 28.9 Å². The fourth-order valence-electron chi connectivity index (χ4n) is 4.91. The maximum absolute atomic E-state index is 15.2. The average Bonchev–Trinajstić information content (AvgIpc) is 3.18. The Morgan fingerprint density at radius 3 is 2.38 bits per heavy atom. The molecule has 1 aliphatic rings. The maximum Gasteiger partial charge on any atom is 0.407 e. The highest BCUT2D eigenvalue weighted by atomic mass is 19.1. The van der Waals surface area contributed by atoms with Crippen LogP contribution in [0.15, 0.2) is 42.5 Å². The van der Waals surface area contributed by atoms with Crippen molar-refractivity contribution in [3.63, 3.8) is 0 Å². The van der Waals surface area contributed by atoms with Gasteiger partial charge in [-0.3, -0.25) is 4.79 Å². The fourth-order valence-corrected chi connectivity index (χ4v) is 4.91. The van der Waals surface area contributed by atoms with Crippen molar-refractivity contribution in [1.29, 1.82) is 0 Å². The van der Waals surface area contributed by atoms with Crippen LogP contribution < -0.4 is 10.6 Å². The van der Waals surface area contributed by atoms with Crippen LogP contribution in [0.2, 0.25) is 0 Å². The third-order valence-electron chi connectivity index (χ3n) is 6.48. The van der Waals surface area contributed by atoms with Gasteiger partial charge in [-0.15, -0.1) is 0 Å². The molecule has 1 aliphatic heterocycles. The Morgan fingerprint density at radius 2 is 1.69 bits per heavy atom. The Bertz CT molecular complexity index is 1470. The minimum Gasteiger partial charge on any atom is -0.444 e. The molecule has 0 bridgehead atoms. The van der Waals surface area contributed by atoms with Gasteiger partial charge in [-0.05, 0) is 70.9 Å². The van der Waals surface area contributed by atoms with E-state index in [0.717, 1.165) is 11.1 Å². The zero-order chi connectivity index (χ0) is 30.8. The van der Waals surface area contributed by atoms with Crippen LogP contribution in [-0.4, -0.2) is 64.5 Å². The van der Waals surface area contributed by atoms with Crippen molar-refractivity contribution in [3.8, 4) is 11.1 Å². The molecule has 0 radical (unpaired) electrons. The number of nitrogens with one attached hydrogen (secondary N) is 3. The van der Waals surface area contributed by atoms with Gasteiger partial charge < -0.3 is 30.0 Å². The Hall–Kier alpha value is -4.15. The molecule has 2 atom stereocenters. The van der Waals surface area contributed by atoms with Gasteiger partial charge in [0, 0.05) is 36.0 Å². The second kappa shape index (κ2) is 12.0. The number of fused-ring (bicyclic) bond motifs is 5. The van der Waals surface area contributed by atoms with Crippen LogP contribution in [0.5, 0.6) is 0 Å². The summed E-state index contributed by atoms with van der Waals surface area (Å²) in [7, 11) is 0. The first-order chi connectivity index (χ1) is 19.6. The zero-order valence-corrected chi connectivity index (χ0v) is 24.8.